The Kier molecular flexibility index (Phi) is 7.40. The largest absolute Gasteiger partial charge is 0.486 e. The highest BCUT2D eigenvalue weighted by Gasteiger charge is 2.21. The van der Waals surface area contributed by atoms with Crippen molar-refractivity contribution in [3.05, 3.63) is 65.5 Å². The fraction of sp³-hybridized carbons (Fsp3) is 0.409. The Balaban J connectivity index is 2.10. The molecule has 0 saturated heterocycles. The molecular formula is C22H28FNO4. The van der Waals surface area contributed by atoms with E-state index in [-0.39, 0.29) is 18.3 Å². The van der Waals surface area contributed by atoms with Crippen molar-refractivity contribution in [1.29, 1.82) is 0 Å². The van der Waals surface area contributed by atoms with Gasteiger partial charge in [0.05, 0.1) is 6.61 Å². The first-order chi connectivity index (χ1) is 13.2. The second-order valence-corrected chi connectivity index (χ2v) is 7.62. The molecule has 0 radical (unpaired) electrons. The number of hydrogen-bond acceptors (Lipinski definition) is 4. The lowest BCUT2D eigenvalue weighted by Crippen LogP contribution is -2.35. The third kappa shape index (κ3) is 6.53. The van der Waals surface area contributed by atoms with Gasteiger partial charge in [-0.2, -0.15) is 0 Å². The Morgan fingerprint density at radius 3 is 2.43 bits per heavy atom. The molecule has 1 amide bonds. The third-order valence-electron chi connectivity index (χ3n) is 4.08. The van der Waals surface area contributed by atoms with Crippen LogP contribution in [0.15, 0.2) is 48.5 Å². The van der Waals surface area contributed by atoms with Gasteiger partial charge in [0.1, 0.15) is 23.3 Å². The number of benzene rings is 2. The molecule has 0 unspecified atom stereocenters. The summed E-state index contributed by atoms with van der Waals surface area (Å²) < 4.78 is 25.4. The summed E-state index contributed by atoms with van der Waals surface area (Å²) in [4.78, 5) is 13.7. The van der Waals surface area contributed by atoms with Crippen LogP contribution in [0.2, 0.25) is 0 Å². The molecule has 0 aliphatic carbocycles. The number of halogens is 1. The maximum Gasteiger partial charge on any atom is 0.410 e. The van der Waals surface area contributed by atoms with Crippen molar-refractivity contribution in [1.82, 2.24) is 4.90 Å². The van der Waals surface area contributed by atoms with Gasteiger partial charge in [0.2, 0.25) is 0 Å². The van der Waals surface area contributed by atoms with Crippen molar-refractivity contribution < 1.29 is 23.8 Å². The third-order valence-corrected chi connectivity index (χ3v) is 4.08. The maximum atomic E-state index is 14.0. The predicted molar refractivity (Wildman–Crippen MR) is 106 cm³/mol. The molecule has 5 nitrogen and oxygen atoms in total. The number of aliphatic hydroxyl groups excluding tert-OH is 1. The number of carbonyl (C=O) groups is 1. The van der Waals surface area contributed by atoms with Crippen LogP contribution >= 0.6 is 0 Å². The normalized spacial score (nSPS) is 12.4. The molecule has 0 heterocycles. The minimum atomic E-state index is -0.563. The predicted octanol–water partition coefficient (Wildman–Crippen LogP) is 4.70. The average Bonchev–Trinajstić information content (AvgIpc) is 2.64. The van der Waals surface area contributed by atoms with Gasteiger partial charge in [-0.25, -0.2) is 9.18 Å². The van der Waals surface area contributed by atoms with Crippen LogP contribution in [0.5, 0.6) is 5.75 Å². The number of rotatable bonds is 7. The number of aliphatic hydroxyl groups is 1. The lowest BCUT2D eigenvalue weighted by atomic mass is 10.1. The second-order valence-electron chi connectivity index (χ2n) is 7.62. The Morgan fingerprint density at radius 1 is 1.18 bits per heavy atom. The van der Waals surface area contributed by atoms with E-state index >= 15 is 0 Å². The summed E-state index contributed by atoms with van der Waals surface area (Å²) in [5.41, 5.74) is 0.576. The van der Waals surface area contributed by atoms with Crippen LogP contribution in [0.1, 0.15) is 44.4 Å². The number of hydrogen-bond donors (Lipinski definition) is 1. The van der Waals surface area contributed by atoms with E-state index in [1.54, 1.807) is 13.1 Å². The molecular weight excluding hydrogens is 361 g/mol. The van der Waals surface area contributed by atoms with E-state index in [1.165, 1.54) is 17.0 Å². The molecule has 0 bridgehead atoms. The van der Waals surface area contributed by atoms with Crippen LogP contribution in [0, 0.1) is 5.82 Å². The van der Waals surface area contributed by atoms with E-state index < -0.39 is 17.5 Å². The van der Waals surface area contributed by atoms with Crippen LogP contribution in [0.3, 0.4) is 0 Å². The minimum absolute atomic E-state index is 0.216. The van der Waals surface area contributed by atoms with E-state index in [2.05, 4.69) is 0 Å². The number of ether oxygens (including phenoxy) is 2. The van der Waals surface area contributed by atoms with Crippen LogP contribution < -0.4 is 4.74 Å². The van der Waals surface area contributed by atoms with Crippen molar-refractivity contribution >= 4 is 6.09 Å². The number of carbonyl (C=O) groups excluding carboxylic acids is 1. The molecule has 0 aromatic heterocycles. The SMILES string of the molecule is CN(CC[C@H](Oc1ccc(CO)c(F)c1)c1ccccc1)C(=O)OC(C)(C)C. The molecule has 0 spiro atoms. The molecule has 0 aliphatic heterocycles. The first-order valence-corrected chi connectivity index (χ1v) is 9.24. The minimum Gasteiger partial charge on any atom is -0.486 e. The lowest BCUT2D eigenvalue weighted by molar-refractivity contribution is 0.0278. The Hall–Kier alpha value is -2.60. The summed E-state index contributed by atoms with van der Waals surface area (Å²) in [7, 11) is 1.67. The molecule has 2 aromatic rings. The monoisotopic (exact) mass is 389 g/mol. The summed E-state index contributed by atoms with van der Waals surface area (Å²) in [5.74, 6) is -0.152. The summed E-state index contributed by atoms with van der Waals surface area (Å²) in [6.45, 7) is 5.50. The van der Waals surface area contributed by atoms with Gasteiger partial charge in [0.15, 0.2) is 0 Å². The molecule has 0 saturated carbocycles. The fourth-order valence-corrected chi connectivity index (χ4v) is 2.60. The Bertz CT molecular complexity index is 774. The molecule has 2 aromatic carbocycles. The van der Waals surface area contributed by atoms with E-state index in [4.69, 9.17) is 14.6 Å². The number of nitrogens with zero attached hydrogens (tertiary/aromatic N) is 1. The molecule has 152 valence electrons. The van der Waals surface area contributed by atoms with Gasteiger partial charge in [0, 0.05) is 31.6 Å². The van der Waals surface area contributed by atoms with Gasteiger partial charge < -0.3 is 19.5 Å². The fourth-order valence-electron chi connectivity index (χ4n) is 2.60. The second kappa shape index (κ2) is 9.55. The van der Waals surface area contributed by atoms with Gasteiger partial charge in [-0.05, 0) is 32.4 Å². The zero-order valence-electron chi connectivity index (χ0n) is 16.8. The van der Waals surface area contributed by atoms with Crippen molar-refractivity contribution in [3.8, 4) is 5.75 Å². The van der Waals surface area contributed by atoms with Crippen LogP contribution in [0.25, 0.3) is 0 Å². The van der Waals surface area contributed by atoms with Gasteiger partial charge in [0.25, 0.3) is 0 Å². The zero-order valence-corrected chi connectivity index (χ0v) is 16.8. The highest BCUT2D eigenvalue weighted by atomic mass is 19.1. The Labute approximate surface area is 165 Å². The molecule has 28 heavy (non-hydrogen) atoms. The van der Waals surface area contributed by atoms with Crippen molar-refractivity contribution in [2.45, 2.75) is 45.5 Å². The Morgan fingerprint density at radius 2 is 1.86 bits per heavy atom. The first kappa shape index (κ1) is 21.7. The van der Waals surface area contributed by atoms with E-state index in [1.807, 2.05) is 51.1 Å². The van der Waals surface area contributed by atoms with Gasteiger partial charge in [-0.1, -0.05) is 36.4 Å². The molecule has 2 rings (SSSR count). The summed E-state index contributed by atoms with van der Waals surface area (Å²) in [6.07, 6.45) is -0.272. The van der Waals surface area contributed by atoms with Gasteiger partial charge in [-0.3, -0.25) is 0 Å². The van der Waals surface area contributed by atoms with Gasteiger partial charge in [-0.15, -0.1) is 0 Å². The van der Waals surface area contributed by atoms with Crippen molar-refractivity contribution in [3.63, 3.8) is 0 Å². The summed E-state index contributed by atoms with van der Waals surface area (Å²) in [5, 5.41) is 9.12. The van der Waals surface area contributed by atoms with E-state index in [9.17, 15) is 9.18 Å². The van der Waals surface area contributed by atoms with Crippen molar-refractivity contribution in [2.75, 3.05) is 13.6 Å². The highest BCUT2D eigenvalue weighted by molar-refractivity contribution is 5.67. The van der Waals surface area contributed by atoms with Crippen LogP contribution in [-0.4, -0.2) is 35.3 Å². The van der Waals surface area contributed by atoms with E-state index in [0.29, 0.717) is 18.7 Å². The summed E-state index contributed by atoms with van der Waals surface area (Å²) in [6, 6.07) is 14.0. The molecule has 0 fully saturated rings. The van der Waals surface area contributed by atoms with E-state index in [0.717, 1.165) is 5.56 Å². The molecule has 1 atom stereocenters. The maximum absolute atomic E-state index is 14.0. The molecule has 1 N–H and O–H groups in total. The average molecular weight is 389 g/mol. The summed E-state index contributed by atoms with van der Waals surface area (Å²) >= 11 is 0. The molecule has 6 heteroatoms. The standard InChI is InChI=1S/C22H28FNO4/c1-22(2,3)28-21(26)24(4)13-12-20(16-8-6-5-7-9-16)27-18-11-10-17(15-25)19(23)14-18/h5-11,14,20,25H,12-13,15H2,1-4H3/t20-/m0/s1. The zero-order chi connectivity index (χ0) is 20.7. The smallest absolute Gasteiger partial charge is 0.410 e. The topological polar surface area (TPSA) is 59.0 Å². The van der Waals surface area contributed by atoms with Crippen molar-refractivity contribution in [2.24, 2.45) is 0 Å². The van der Waals surface area contributed by atoms with Gasteiger partial charge >= 0.3 is 6.09 Å². The molecule has 0 aliphatic rings. The quantitative estimate of drug-likeness (QED) is 0.746. The van der Waals surface area contributed by atoms with Crippen LogP contribution in [-0.2, 0) is 11.3 Å². The number of amides is 1. The lowest BCUT2D eigenvalue weighted by Gasteiger charge is -2.26. The highest BCUT2D eigenvalue weighted by Crippen LogP contribution is 2.27. The van der Waals surface area contributed by atoms with Crippen LogP contribution in [0.4, 0.5) is 9.18 Å². The first-order valence-electron chi connectivity index (χ1n) is 9.24.